The van der Waals surface area contributed by atoms with Crippen molar-refractivity contribution in [3.05, 3.63) is 35.4 Å². The Morgan fingerprint density at radius 1 is 1.12 bits per heavy atom. The molecule has 0 radical (unpaired) electrons. The molecule has 1 heterocycles. The van der Waals surface area contributed by atoms with Crippen LogP contribution in [0.2, 0.25) is 0 Å². The number of aryl methyl sites for hydroxylation is 1. The molecule has 1 aromatic carbocycles. The summed E-state index contributed by atoms with van der Waals surface area (Å²) in [5.41, 5.74) is 2.47. The first-order valence-electron chi connectivity index (χ1n) is 6.56. The maximum Gasteiger partial charge on any atom is 0.0543 e. The molecule has 2 unspecified atom stereocenters. The van der Waals surface area contributed by atoms with E-state index in [4.69, 9.17) is 0 Å². The predicted octanol–water partition coefficient (Wildman–Crippen LogP) is 3.59. The van der Waals surface area contributed by atoms with Crippen LogP contribution in [0.4, 0.5) is 0 Å². The van der Waals surface area contributed by atoms with E-state index in [9.17, 15) is 0 Å². The lowest BCUT2D eigenvalue weighted by Gasteiger charge is -2.36. The summed E-state index contributed by atoms with van der Waals surface area (Å²) in [5.74, 6) is 0. The number of rotatable bonds is 2. The van der Waals surface area contributed by atoms with Crippen LogP contribution in [0.3, 0.4) is 0 Å². The Balaban J connectivity index is 2.06. The Morgan fingerprint density at radius 2 is 1.71 bits per heavy atom. The molecular weight excluding hydrogens is 208 g/mol. The van der Waals surface area contributed by atoms with Crippen LogP contribution in [-0.2, 0) is 0 Å². The number of benzene rings is 1. The highest BCUT2D eigenvalue weighted by Crippen LogP contribution is 2.22. The molecule has 1 aliphatic heterocycles. The summed E-state index contributed by atoms with van der Waals surface area (Å²) in [6.07, 6.45) is 5.84. The van der Waals surface area contributed by atoms with Gasteiger partial charge in [-0.15, -0.1) is 0 Å². The molecule has 2 nitrogen and oxygen atoms in total. The van der Waals surface area contributed by atoms with Gasteiger partial charge in [-0.25, -0.2) is 0 Å². The average molecular weight is 230 g/mol. The molecule has 1 aromatic rings. The van der Waals surface area contributed by atoms with E-state index >= 15 is 0 Å². The molecule has 92 valence electrons. The van der Waals surface area contributed by atoms with Gasteiger partial charge in [0.25, 0.3) is 0 Å². The fourth-order valence-electron chi connectivity index (χ4n) is 2.42. The average Bonchev–Trinajstić information content (AvgIpc) is 2.31. The molecular formula is C15H22N2. The third kappa shape index (κ3) is 3.09. The largest absolute Gasteiger partial charge is 0.292 e. The van der Waals surface area contributed by atoms with E-state index in [0.717, 1.165) is 0 Å². The fraction of sp³-hybridized carbons (Fsp3) is 0.533. The van der Waals surface area contributed by atoms with E-state index in [0.29, 0.717) is 12.1 Å². The normalized spacial score (nSPS) is 25.5. The molecule has 0 bridgehead atoms. The number of piperidine rings is 1. The quantitative estimate of drug-likeness (QED) is 0.709. The molecule has 17 heavy (non-hydrogen) atoms. The van der Waals surface area contributed by atoms with Crippen LogP contribution < -0.4 is 0 Å². The third-order valence-electron chi connectivity index (χ3n) is 3.56. The van der Waals surface area contributed by atoms with Crippen molar-refractivity contribution in [2.45, 2.75) is 52.1 Å². The minimum atomic E-state index is 0.570. The second kappa shape index (κ2) is 5.35. The highest BCUT2D eigenvalue weighted by atomic mass is 15.5. The lowest BCUT2D eigenvalue weighted by molar-refractivity contribution is 0.109. The zero-order valence-electron chi connectivity index (χ0n) is 11.1. The van der Waals surface area contributed by atoms with Crippen LogP contribution in [0.15, 0.2) is 29.4 Å². The number of nitrogens with zero attached hydrogens (tertiary/aromatic N) is 2. The summed E-state index contributed by atoms with van der Waals surface area (Å²) in [6, 6.07) is 9.64. The van der Waals surface area contributed by atoms with Gasteiger partial charge in [-0.3, -0.25) is 5.01 Å². The molecule has 0 aliphatic carbocycles. The van der Waals surface area contributed by atoms with E-state index in [1.54, 1.807) is 0 Å². The molecule has 0 N–H and O–H groups in total. The molecule has 0 spiro atoms. The smallest absolute Gasteiger partial charge is 0.0543 e. The van der Waals surface area contributed by atoms with Crippen molar-refractivity contribution in [2.24, 2.45) is 5.10 Å². The first kappa shape index (κ1) is 12.2. The van der Waals surface area contributed by atoms with Gasteiger partial charge in [0.1, 0.15) is 0 Å². The van der Waals surface area contributed by atoms with Crippen molar-refractivity contribution in [1.29, 1.82) is 0 Å². The molecule has 2 atom stereocenters. The number of hydrazone groups is 1. The Kier molecular flexibility index (Phi) is 3.82. The lowest BCUT2D eigenvalue weighted by atomic mass is 10.00. The molecule has 2 rings (SSSR count). The Bertz CT molecular complexity index is 370. The summed E-state index contributed by atoms with van der Waals surface area (Å²) >= 11 is 0. The standard InChI is InChI=1S/C15H22N2/c1-12-7-9-15(10-8-12)11-16-17-13(2)5-4-6-14(17)3/h7-11,13-14H,4-6H2,1-3H3/b16-11+. The summed E-state index contributed by atoms with van der Waals surface area (Å²) < 4.78 is 0. The second-order valence-electron chi connectivity index (χ2n) is 5.16. The predicted molar refractivity (Wildman–Crippen MR) is 73.4 cm³/mol. The van der Waals surface area contributed by atoms with Crippen LogP contribution in [0.25, 0.3) is 0 Å². The molecule has 0 aromatic heterocycles. The summed E-state index contributed by atoms with van der Waals surface area (Å²) in [5, 5.41) is 6.91. The van der Waals surface area contributed by atoms with Gasteiger partial charge < -0.3 is 0 Å². The van der Waals surface area contributed by atoms with Crippen molar-refractivity contribution in [3.63, 3.8) is 0 Å². The van der Waals surface area contributed by atoms with Gasteiger partial charge in [0, 0.05) is 12.1 Å². The third-order valence-corrected chi connectivity index (χ3v) is 3.56. The van der Waals surface area contributed by atoms with E-state index < -0.39 is 0 Å². The van der Waals surface area contributed by atoms with Crippen molar-refractivity contribution in [2.75, 3.05) is 0 Å². The van der Waals surface area contributed by atoms with Gasteiger partial charge >= 0.3 is 0 Å². The molecule has 1 saturated heterocycles. The lowest BCUT2D eigenvalue weighted by Crippen LogP contribution is -2.39. The molecule has 1 fully saturated rings. The van der Waals surface area contributed by atoms with E-state index in [2.05, 4.69) is 55.1 Å². The van der Waals surface area contributed by atoms with Gasteiger partial charge in [-0.1, -0.05) is 29.8 Å². The Morgan fingerprint density at radius 3 is 2.29 bits per heavy atom. The van der Waals surface area contributed by atoms with E-state index in [1.807, 2.05) is 6.21 Å². The van der Waals surface area contributed by atoms with Crippen molar-refractivity contribution in [3.8, 4) is 0 Å². The van der Waals surface area contributed by atoms with Gasteiger partial charge in [-0.2, -0.15) is 5.10 Å². The van der Waals surface area contributed by atoms with Gasteiger partial charge in [0.15, 0.2) is 0 Å². The number of hydrogen-bond donors (Lipinski definition) is 0. The minimum Gasteiger partial charge on any atom is -0.292 e. The van der Waals surface area contributed by atoms with Crippen molar-refractivity contribution in [1.82, 2.24) is 5.01 Å². The second-order valence-corrected chi connectivity index (χ2v) is 5.16. The van der Waals surface area contributed by atoms with Crippen LogP contribution >= 0.6 is 0 Å². The van der Waals surface area contributed by atoms with Crippen LogP contribution in [-0.4, -0.2) is 23.3 Å². The van der Waals surface area contributed by atoms with E-state index in [1.165, 1.54) is 30.4 Å². The Labute approximate surface area is 104 Å². The molecule has 0 amide bonds. The maximum atomic E-state index is 4.65. The SMILES string of the molecule is Cc1ccc(/C=N/N2C(C)CCCC2C)cc1. The Hall–Kier alpha value is -1.31. The highest BCUT2D eigenvalue weighted by Gasteiger charge is 2.22. The molecule has 2 heteroatoms. The van der Waals surface area contributed by atoms with Crippen molar-refractivity contribution >= 4 is 6.21 Å². The first-order valence-corrected chi connectivity index (χ1v) is 6.56. The van der Waals surface area contributed by atoms with Gasteiger partial charge in [0.2, 0.25) is 0 Å². The monoisotopic (exact) mass is 230 g/mol. The fourth-order valence-corrected chi connectivity index (χ4v) is 2.42. The van der Waals surface area contributed by atoms with Crippen molar-refractivity contribution < 1.29 is 0 Å². The van der Waals surface area contributed by atoms with Gasteiger partial charge in [-0.05, 0) is 45.6 Å². The van der Waals surface area contributed by atoms with E-state index in [-0.39, 0.29) is 0 Å². The highest BCUT2D eigenvalue weighted by molar-refractivity contribution is 5.79. The summed E-state index contributed by atoms with van der Waals surface area (Å²) in [6.45, 7) is 6.64. The van der Waals surface area contributed by atoms with Crippen LogP contribution in [0.1, 0.15) is 44.2 Å². The topological polar surface area (TPSA) is 15.6 Å². The summed E-state index contributed by atoms with van der Waals surface area (Å²) in [4.78, 5) is 0. The maximum absolute atomic E-state index is 4.65. The summed E-state index contributed by atoms with van der Waals surface area (Å²) in [7, 11) is 0. The molecule has 1 aliphatic rings. The van der Waals surface area contributed by atoms with Crippen LogP contribution in [0, 0.1) is 6.92 Å². The zero-order valence-corrected chi connectivity index (χ0v) is 11.1. The number of hydrogen-bond acceptors (Lipinski definition) is 2. The molecule has 0 saturated carbocycles. The van der Waals surface area contributed by atoms with Gasteiger partial charge in [0.05, 0.1) is 6.21 Å². The minimum absolute atomic E-state index is 0.570. The first-order chi connectivity index (χ1) is 8.16. The van der Waals surface area contributed by atoms with Crippen LogP contribution in [0.5, 0.6) is 0 Å². The zero-order chi connectivity index (χ0) is 12.3.